The van der Waals surface area contributed by atoms with Crippen molar-refractivity contribution in [2.75, 3.05) is 5.32 Å². The molecule has 0 aliphatic carbocycles. The van der Waals surface area contributed by atoms with Crippen LogP contribution in [-0.4, -0.2) is 25.6 Å². The van der Waals surface area contributed by atoms with Crippen LogP contribution in [0, 0.1) is 6.92 Å². The molecule has 0 bridgehead atoms. The topological polar surface area (TPSA) is 84.2 Å². The number of hydrogen-bond acceptors (Lipinski definition) is 5. The lowest BCUT2D eigenvalue weighted by Gasteiger charge is -2.07. The molecule has 4 aromatic rings. The van der Waals surface area contributed by atoms with Crippen LogP contribution in [0.15, 0.2) is 54.0 Å². The standard InChI is InChI=1S/C18H16N6OS/c1-12-20-15(11-26-12)13-5-7-14(8-6-13)21-18(25)19-10-17-23-22-16-4-2-3-9-24(16)17/h2-9,11H,10H2,1H3,(H2,19,21,25). The van der Waals surface area contributed by atoms with Gasteiger partial charge in [0, 0.05) is 22.8 Å². The summed E-state index contributed by atoms with van der Waals surface area (Å²) >= 11 is 1.62. The number of rotatable bonds is 4. The second-order valence-corrected chi connectivity index (χ2v) is 6.74. The number of aryl methyl sites for hydroxylation is 1. The van der Waals surface area contributed by atoms with Gasteiger partial charge in [0.1, 0.15) is 0 Å². The quantitative estimate of drug-likeness (QED) is 0.581. The molecule has 3 aromatic heterocycles. The molecule has 7 nitrogen and oxygen atoms in total. The molecular formula is C18H16N6OS. The van der Waals surface area contributed by atoms with Gasteiger partial charge >= 0.3 is 6.03 Å². The van der Waals surface area contributed by atoms with Crippen molar-refractivity contribution in [3.05, 3.63) is 64.9 Å². The Labute approximate surface area is 153 Å². The first kappa shape index (κ1) is 16.2. The number of benzene rings is 1. The number of nitrogens with zero attached hydrogens (tertiary/aromatic N) is 4. The third kappa shape index (κ3) is 3.40. The summed E-state index contributed by atoms with van der Waals surface area (Å²) in [5.74, 6) is 0.671. The van der Waals surface area contributed by atoms with Gasteiger partial charge in [0.2, 0.25) is 0 Å². The predicted molar refractivity (Wildman–Crippen MR) is 101 cm³/mol. The Bertz CT molecular complexity index is 1050. The largest absolute Gasteiger partial charge is 0.331 e. The Hall–Kier alpha value is -3.26. The maximum Gasteiger partial charge on any atom is 0.319 e. The number of thiazole rings is 1. The number of amides is 2. The highest BCUT2D eigenvalue weighted by molar-refractivity contribution is 7.09. The van der Waals surface area contributed by atoms with Crippen LogP contribution < -0.4 is 10.6 Å². The van der Waals surface area contributed by atoms with E-state index < -0.39 is 0 Å². The lowest BCUT2D eigenvalue weighted by molar-refractivity contribution is 0.251. The van der Waals surface area contributed by atoms with Gasteiger partial charge in [-0.05, 0) is 31.2 Å². The Morgan fingerprint density at radius 2 is 2.00 bits per heavy atom. The van der Waals surface area contributed by atoms with Crippen molar-refractivity contribution in [3.8, 4) is 11.3 Å². The summed E-state index contributed by atoms with van der Waals surface area (Å²) < 4.78 is 1.84. The summed E-state index contributed by atoms with van der Waals surface area (Å²) in [6, 6.07) is 12.9. The summed E-state index contributed by atoms with van der Waals surface area (Å²) in [5, 5.41) is 16.8. The normalized spacial score (nSPS) is 10.8. The zero-order valence-corrected chi connectivity index (χ0v) is 14.8. The van der Waals surface area contributed by atoms with E-state index in [2.05, 4.69) is 25.8 Å². The minimum absolute atomic E-state index is 0.285. The van der Waals surface area contributed by atoms with Gasteiger partial charge in [-0.1, -0.05) is 18.2 Å². The lowest BCUT2D eigenvalue weighted by Crippen LogP contribution is -2.28. The van der Waals surface area contributed by atoms with E-state index in [1.54, 1.807) is 11.3 Å². The number of carbonyl (C=O) groups excluding carboxylic acids is 1. The fraction of sp³-hybridized carbons (Fsp3) is 0.111. The summed E-state index contributed by atoms with van der Waals surface area (Å²) in [4.78, 5) is 16.6. The number of aromatic nitrogens is 4. The van der Waals surface area contributed by atoms with Gasteiger partial charge < -0.3 is 10.6 Å². The number of pyridine rings is 1. The number of hydrogen-bond donors (Lipinski definition) is 2. The van der Waals surface area contributed by atoms with Gasteiger partial charge in [0.05, 0.1) is 17.2 Å². The molecule has 0 aliphatic rings. The maximum absolute atomic E-state index is 12.1. The molecule has 3 heterocycles. The number of nitrogens with one attached hydrogen (secondary N) is 2. The van der Waals surface area contributed by atoms with Crippen LogP contribution in [0.3, 0.4) is 0 Å². The van der Waals surface area contributed by atoms with Crippen molar-refractivity contribution in [3.63, 3.8) is 0 Å². The van der Waals surface area contributed by atoms with Crippen LogP contribution in [0.2, 0.25) is 0 Å². The van der Waals surface area contributed by atoms with Crippen LogP contribution in [0.25, 0.3) is 16.9 Å². The summed E-state index contributed by atoms with van der Waals surface area (Å²) in [6.07, 6.45) is 1.86. The highest BCUT2D eigenvalue weighted by atomic mass is 32.1. The molecule has 0 aliphatic heterocycles. The average Bonchev–Trinajstić information content (AvgIpc) is 3.27. The maximum atomic E-state index is 12.1. The van der Waals surface area contributed by atoms with Crippen LogP contribution in [0.1, 0.15) is 10.8 Å². The molecule has 0 atom stereocenters. The zero-order valence-electron chi connectivity index (χ0n) is 14.0. The highest BCUT2D eigenvalue weighted by Gasteiger charge is 2.08. The van der Waals surface area contributed by atoms with Gasteiger partial charge in [0.15, 0.2) is 11.5 Å². The summed E-state index contributed by atoms with van der Waals surface area (Å²) in [7, 11) is 0. The van der Waals surface area contributed by atoms with Crippen molar-refractivity contribution in [1.82, 2.24) is 24.9 Å². The number of fused-ring (bicyclic) bond motifs is 1. The van der Waals surface area contributed by atoms with E-state index in [-0.39, 0.29) is 12.6 Å². The number of urea groups is 1. The first-order valence-electron chi connectivity index (χ1n) is 8.05. The van der Waals surface area contributed by atoms with Gasteiger partial charge in [-0.15, -0.1) is 21.5 Å². The third-order valence-electron chi connectivity index (χ3n) is 3.85. The molecule has 0 saturated heterocycles. The van der Waals surface area contributed by atoms with Crippen molar-refractivity contribution < 1.29 is 4.79 Å². The molecule has 4 rings (SSSR count). The van der Waals surface area contributed by atoms with E-state index in [0.29, 0.717) is 11.5 Å². The summed E-state index contributed by atoms with van der Waals surface area (Å²) in [5.41, 5.74) is 3.43. The molecular weight excluding hydrogens is 348 g/mol. The Balaban J connectivity index is 1.37. The second kappa shape index (κ2) is 6.93. The third-order valence-corrected chi connectivity index (χ3v) is 4.62. The Morgan fingerprint density at radius 1 is 1.15 bits per heavy atom. The van der Waals surface area contributed by atoms with E-state index in [0.717, 1.165) is 21.9 Å². The van der Waals surface area contributed by atoms with Gasteiger partial charge in [0.25, 0.3) is 0 Å². The SMILES string of the molecule is Cc1nc(-c2ccc(NC(=O)NCc3nnc4ccccn34)cc2)cs1. The zero-order chi connectivity index (χ0) is 17.9. The van der Waals surface area contributed by atoms with Crippen molar-refractivity contribution in [1.29, 1.82) is 0 Å². The fourth-order valence-electron chi connectivity index (χ4n) is 2.57. The molecule has 0 fully saturated rings. The first-order chi connectivity index (χ1) is 12.7. The highest BCUT2D eigenvalue weighted by Crippen LogP contribution is 2.23. The molecule has 0 saturated carbocycles. The molecule has 2 amide bonds. The van der Waals surface area contributed by atoms with E-state index in [1.807, 2.05) is 65.4 Å². The smallest absolute Gasteiger partial charge is 0.319 e. The number of carbonyl (C=O) groups is 1. The van der Waals surface area contributed by atoms with Crippen LogP contribution in [-0.2, 0) is 6.54 Å². The lowest BCUT2D eigenvalue weighted by atomic mass is 10.1. The van der Waals surface area contributed by atoms with Gasteiger partial charge in [-0.2, -0.15) is 0 Å². The monoisotopic (exact) mass is 364 g/mol. The first-order valence-corrected chi connectivity index (χ1v) is 8.93. The minimum atomic E-state index is -0.296. The predicted octanol–water partition coefficient (Wildman–Crippen LogP) is 3.48. The fourth-order valence-corrected chi connectivity index (χ4v) is 3.19. The van der Waals surface area contributed by atoms with Gasteiger partial charge in [-0.25, -0.2) is 9.78 Å². The molecule has 0 unspecified atom stereocenters. The van der Waals surface area contributed by atoms with Gasteiger partial charge in [-0.3, -0.25) is 4.40 Å². The van der Waals surface area contributed by atoms with E-state index in [4.69, 9.17) is 0 Å². The molecule has 0 spiro atoms. The van der Waals surface area contributed by atoms with Crippen molar-refractivity contribution in [2.24, 2.45) is 0 Å². The average molecular weight is 364 g/mol. The van der Waals surface area contributed by atoms with E-state index >= 15 is 0 Å². The minimum Gasteiger partial charge on any atom is -0.331 e. The molecule has 0 radical (unpaired) electrons. The molecule has 2 N–H and O–H groups in total. The van der Waals surface area contributed by atoms with E-state index in [9.17, 15) is 4.79 Å². The van der Waals surface area contributed by atoms with Crippen LogP contribution >= 0.6 is 11.3 Å². The van der Waals surface area contributed by atoms with Crippen LogP contribution in [0.4, 0.5) is 10.5 Å². The Morgan fingerprint density at radius 3 is 2.77 bits per heavy atom. The van der Waals surface area contributed by atoms with E-state index in [1.165, 1.54) is 0 Å². The molecule has 1 aromatic carbocycles. The van der Waals surface area contributed by atoms with Crippen molar-refractivity contribution >= 4 is 28.7 Å². The Kier molecular flexibility index (Phi) is 4.32. The molecule has 8 heteroatoms. The van der Waals surface area contributed by atoms with Crippen molar-refractivity contribution in [2.45, 2.75) is 13.5 Å². The summed E-state index contributed by atoms with van der Waals surface area (Å²) in [6.45, 7) is 2.26. The molecule has 26 heavy (non-hydrogen) atoms. The second-order valence-electron chi connectivity index (χ2n) is 5.68. The molecule has 130 valence electrons. The van der Waals surface area contributed by atoms with Crippen LogP contribution in [0.5, 0.6) is 0 Å². The number of anilines is 1.